The Balaban J connectivity index is 1.99. The number of hydrogen-bond donors (Lipinski definition) is 1. The summed E-state index contributed by atoms with van der Waals surface area (Å²) in [5, 5.41) is 23.8. The molecule has 1 N–H and O–H groups in total. The van der Waals surface area contributed by atoms with Crippen LogP contribution in [0, 0.1) is 11.3 Å². The highest BCUT2D eigenvalue weighted by molar-refractivity contribution is 7.14. The second-order valence-corrected chi connectivity index (χ2v) is 7.14. The Labute approximate surface area is 150 Å². The predicted molar refractivity (Wildman–Crippen MR) is 97.0 cm³/mol. The zero-order valence-electron chi connectivity index (χ0n) is 11.5. The van der Waals surface area contributed by atoms with Crippen molar-refractivity contribution in [2.24, 2.45) is 0 Å². The number of thiophene rings is 1. The number of aromatic hydroxyl groups is 1. The summed E-state index contributed by atoms with van der Waals surface area (Å²) in [5.74, 6) is -0.168. The predicted octanol–water partition coefficient (Wildman–Crippen LogP) is 5.95. The number of allylic oxidation sites excluding steroid dienone is 1. The molecule has 0 saturated carbocycles. The number of rotatable bonds is 3. The molecular formula is C16H8Cl2N2OS2. The molecule has 2 heterocycles. The Kier molecular flexibility index (Phi) is 4.69. The van der Waals surface area contributed by atoms with E-state index in [-0.39, 0.29) is 15.8 Å². The van der Waals surface area contributed by atoms with E-state index in [1.54, 1.807) is 29.5 Å². The van der Waals surface area contributed by atoms with Crippen molar-refractivity contribution in [2.75, 3.05) is 0 Å². The third-order valence-corrected chi connectivity index (χ3v) is 5.32. The lowest BCUT2D eigenvalue weighted by Gasteiger charge is -2.02. The molecule has 0 unspecified atom stereocenters. The molecule has 0 aliphatic rings. The van der Waals surface area contributed by atoms with Crippen molar-refractivity contribution in [3.8, 4) is 22.4 Å². The van der Waals surface area contributed by atoms with Crippen LogP contribution in [0.3, 0.4) is 0 Å². The van der Waals surface area contributed by atoms with E-state index >= 15 is 0 Å². The van der Waals surface area contributed by atoms with Crippen LogP contribution >= 0.6 is 45.9 Å². The molecule has 0 bridgehead atoms. The van der Waals surface area contributed by atoms with Crippen LogP contribution in [0.4, 0.5) is 0 Å². The van der Waals surface area contributed by atoms with Crippen LogP contribution in [0.2, 0.25) is 10.0 Å². The molecule has 0 spiro atoms. The lowest BCUT2D eigenvalue weighted by molar-refractivity contribution is 0.476. The van der Waals surface area contributed by atoms with Gasteiger partial charge in [0.2, 0.25) is 0 Å². The molecule has 0 aliphatic carbocycles. The molecular weight excluding hydrogens is 371 g/mol. The summed E-state index contributed by atoms with van der Waals surface area (Å²) < 4.78 is 0. The third kappa shape index (κ3) is 3.41. The number of nitrogens with zero attached hydrogens (tertiary/aromatic N) is 2. The summed E-state index contributed by atoms with van der Waals surface area (Å²) in [6.07, 6.45) is 1.65. The molecule has 2 aromatic heterocycles. The van der Waals surface area contributed by atoms with E-state index < -0.39 is 0 Å². The maximum absolute atomic E-state index is 9.59. The molecule has 0 atom stereocenters. The number of nitriles is 1. The number of hydrogen-bond acceptors (Lipinski definition) is 5. The van der Waals surface area contributed by atoms with E-state index in [9.17, 15) is 10.4 Å². The first-order valence-electron chi connectivity index (χ1n) is 6.38. The van der Waals surface area contributed by atoms with Gasteiger partial charge in [-0.1, -0.05) is 29.3 Å². The molecule has 1 aromatic carbocycles. The van der Waals surface area contributed by atoms with Gasteiger partial charge < -0.3 is 5.11 Å². The van der Waals surface area contributed by atoms with Gasteiger partial charge in [-0.2, -0.15) is 5.26 Å². The molecule has 0 amide bonds. The third-order valence-electron chi connectivity index (χ3n) is 2.98. The quantitative estimate of drug-likeness (QED) is 0.572. The minimum Gasteiger partial charge on any atom is -0.505 e. The van der Waals surface area contributed by atoms with E-state index in [0.29, 0.717) is 16.1 Å². The van der Waals surface area contributed by atoms with Gasteiger partial charge in [-0.15, -0.1) is 22.7 Å². The minimum absolute atomic E-state index is 0.138. The number of thiazole rings is 1. The average Bonchev–Trinajstić information content (AvgIpc) is 3.20. The maximum atomic E-state index is 9.59. The zero-order chi connectivity index (χ0) is 16.4. The van der Waals surface area contributed by atoms with Crippen molar-refractivity contribution >= 4 is 57.5 Å². The second-order valence-electron chi connectivity index (χ2n) is 4.52. The van der Waals surface area contributed by atoms with Gasteiger partial charge in [0.05, 0.1) is 26.2 Å². The Morgan fingerprint density at radius 1 is 1.26 bits per heavy atom. The van der Waals surface area contributed by atoms with Crippen molar-refractivity contribution in [1.29, 1.82) is 5.26 Å². The lowest BCUT2D eigenvalue weighted by atomic mass is 10.1. The van der Waals surface area contributed by atoms with Gasteiger partial charge in [0.1, 0.15) is 11.1 Å². The molecule has 0 aliphatic heterocycles. The van der Waals surface area contributed by atoms with Gasteiger partial charge in [0.15, 0.2) is 5.75 Å². The van der Waals surface area contributed by atoms with Crippen molar-refractivity contribution in [2.45, 2.75) is 0 Å². The summed E-state index contributed by atoms with van der Waals surface area (Å²) in [5.41, 5.74) is 1.89. The average molecular weight is 379 g/mol. The monoisotopic (exact) mass is 378 g/mol. The smallest absolute Gasteiger partial charge is 0.152 e. The maximum Gasteiger partial charge on any atom is 0.152 e. The Bertz CT molecular complexity index is 901. The number of benzene rings is 1. The van der Waals surface area contributed by atoms with Gasteiger partial charge in [-0.3, -0.25) is 0 Å². The lowest BCUT2D eigenvalue weighted by Crippen LogP contribution is -1.83. The van der Waals surface area contributed by atoms with E-state index in [1.165, 1.54) is 11.3 Å². The van der Waals surface area contributed by atoms with Crippen molar-refractivity contribution in [3.05, 3.63) is 55.6 Å². The zero-order valence-corrected chi connectivity index (χ0v) is 14.6. The molecule has 23 heavy (non-hydrogen) atoms. The van der Waals surface area contributed by atoms with Crippen molar-refractivity contribution < 1.29 is 5.11 Å². The number of aromatic nitrogens is 1. The van der Waals surface area contributed by atoms with Crippen molar-refractivity contribution in [1.82, 2.24) is 4.98 Å². The largest absolute Gasteiger partial charge is 0.505 e. The van der Waals surface area contributed by atoms with E-state index in [0.717, 1.165) is 10.6 Å². The summed E-state index contributed by atoms with van der Waals surface area (Å²) in [7, 11) is 0. The van der Waals surface area contributed by atoms with Crippen LogP contribution in [-0.2, 0) is 0 Å². The number of phenolic OH excluding ortho intramolecular Hbond substituents is 1. The minimum atomic E-state index is -0.168. The highest BCUT2D eigenvalue weighted by Gasteiger charge is 2.11. The summed E-state index contributed by atoms with van der Waals surface area (Å²) in [6, 6.07) is 9.19. The highest BCUT2D eigenvalue weighted by Crippen LogP contribution is 2.34. The molecule has 0 saturated heterocycles. The van der Waals surface area contributed by atoms with Gasteiger partial charge in [-0.05, 0) is 35.2 Å². The molecule has 3 aromatic rings. The summed E-state index contributed by atoms with van der Waals surface area (Å²) in [4.78, 5) is 5.56. The van der Waals surface area contributed by atoms with Gasteiger partial charge in [0.25, 0.3) is 0 Å². The summed E-state index contributed by atoms with van der Waals surface area (Å²) >= 11 is 14.8. The molecule has 3 rings (SSSR count). The topological polar surface area (TPSA) is 56.9 Å². The second kappa shape index (κ2) is 6.73. The Hall–Kier alpha value is -1.84. The van der Waals surface area contributed by atoms with Crippen LogP contribution in [0.15, 0.2) is 35.0 Å². The van der Waals surface area contributed by atoms with Crippen LogP contribution in [0.5, 0.6) is 5.75 Å². The standard InChI is InChI=1S/C16H8Cl2N2OS2/c17-11-5-9(6-12(18)15(11)21)4-10(7-19)16-20-13(8-23-16)14-2-1-3-22-14/h1-6,8,21H. The van der Waals surface area contributed by atoms with Gasteiger partial charge >= 0.3 is 0 Å². The van der Waals surface area contributed by atoms with Crippen LogP contribution in [-0.4, -0.2) is 10.1 Å². The van der Waals surface area contributed by atoms with Gasteiger partial charge in [0, 0.05) is 5.38 Å². The Morgan fingerprint density at radius 2 is 2.00 bits per heavy atom. The number of halogens is 2. The molecule has 0 fully saturated rings. The fourth-order valence-electron chi connectivity index (χ4n) is 1.91. The summed E-state index contributed by atoms with van der Waals surface area (Å²) in [6.45, 7) is 0. The van der Waals surface area contributed by atoms with Crippen LogP contribution in [0.1, 0.15) is 10.6 Å². The van der Waals surface area contributed by atoms with Crippen molar-refractivity contribution in [3.63, 3.8) is 0 Å². The highest BCUT2D eigenvalue weighted by atomic mass is 35.5. The van der Waals surface area contributed by atoms with E-state index in [4.69, 9.17) is 23.2 Å². The molecule has 114 valence electrons. The molecule has 3 nitrogen and oxygen atoms in total. The van der Waals surface area contributed by atoms with Gasteiger partial charge in [-0.25, -0.2) is 4.98 Å². The first-order chi connectivity index (χ1) is 11.1. The fraction of sp³-hybridized carbons (Fsp3) is 0. The van der Waals surface area contributed by atoms with E-state index in [1.807, 2.05) is 22.9 Å². The first kappa shape index (κ1) is 16.0. The molecule has 7 heteroatoms. The van der Waals surface area contributed by atoms with E-state index in [2.05, 4.69) is 11.1 Å². The first-order valence-corrected chi connectivity index (χ1v) is 8.89. The fourth-order valence-corrected chi connectivity index (χ4v) is 3.96. The number of phenols is 1. The normalized spacial score (nSPS) is 11.4. The van der Waals surface area contributed by atoms with Crippen LogP contribution in [0.25, 0.3) is 22.2 Å². The molecule has 0 radical (unpaired) electrons. The Morgan fingerprint density at radius 3 is 2.61 bits per heavy atom. The van der Waals surface area contributed by atoms with Crippen LogP contribution < -0.4 is 0 Å². The SMILES string of the molecule is N#CC(=Cc1cc(Cl)c(O)c(Cl)c1)c1nc(-c2cccs2)cs1.